The largest absolute Gasteiger partial charge is 0.451 e. The molecule has 100 valence electrons. The predicted octanol–water partition coefficient (Wildman–Crippen LogP) is 3.77. The Bertz CT molecular complexity index is 635. The lowest BCUT2D eigenvalue weighted by molar-refractivity contribution is -0.128. The maximum Gasteiger partial charge on any atom is 0.352 e. The zero-order valence-corrected chi connectivity index (χ0v) is 12.1. The van der Waals surface area contributed by atoms with Gasteiger partial charge in [0, 0.05) is 5.02 Å². The maximum atomic E-state index is 12.1. The summed E-state index contributed by atoms with van der Waals surface area (Å²) in [5, 5.41) is 0.628. The first-order valence-electron chi connectivity index (χ1n) is 5.13. The van der Waals surface area contributed by atoms with Crippen molar-refractivity contribution < 1.29 is 18.6 Å². The molecular formula is C12H7Cl3O4. The lowest BCUT2D eigenvalue weighted by atomic mass is 10.0. The molecule has 2 rings (SSSR count). The quantitative estimate of drug-likeness (QED) is 0.739. The third kappa shape index (κ3) is 2.20. The van der Waals surface area contributed by atoms with Crippen molar-refractivity contribution in [1.29, 1.82) is 0 Å². The smallest absolute Gasteiger partial charge is 0.352 e. The van der Waals surface area contributed by atoms with Gasteiger partial charge in [-0.05, 0) is 25.0 Å². The Labute approximate surface area is 124 Å². The first-order valence-corrected chi connectivity index (χ1v) is 6.19. The van der Waals surface area contributed by atoms with E-state index >= 15 is 0 Å². The van der Waals surface area contributed by atoms with E-state index in [4.69, 9.17) is 39.8 Å². The van der Waals surface area contributed by atoms with Crippen LogP contribution in [-0.4, -0.2) is 11.8 Å². The topological polar surface area (TPSA) is 52.6 Å². The summed E-state index contributed by atoms with van der Waals surface area (Å²) in [4.78, 5) is 23.2. The molecule has 0 radical (unpaired) electrons. The highest BCUT2D eigenvalue weighted by Gasteiger charge is 2.34. The second-order valence-corrected chi connectivity index (χ2v) is 4.83. The third-order valence-electron chi connectivity index (χ3n) is 2.78. The number of benzene rings is 1. The number of ketones is 1. The highest BCUT2D eigenvalue weighted by molar-refractivity contribution is 6.39. The number of hydrogen-bond acceptors (Lipinski definition) is 4. The minimum absolute atomic E-state index is 0.194. The van der Waals surface area contributed by atoms with E-state index in [0.29, 0.717) is 16.1 Å². The van der Waals surface area contributed by atoms with Crippen molar-refractivity contribution in [3.8, 4) is 5.75 Å². The van der Waals surface area contributed by atoms with Crippen molar-refractivity contribution in [3.63, 3.8) is 0 Å². The van der Waals surface area contributed by atoms with Gasteiger partial charge in [0.1, 0.15) is 11.9 Å². The number of halogens is 3. The molecule has 0 saturated heterocycles. The molecule has 0 amide bonds. The van der Waals surface area contributed by atoms with Gasteiger partial charge in [-0.1, -0.05) is 23.2 Å². The van der Waals surface area contributed by atoms with E-state index in [0.717, 1.165) is 6.08 Å². The normalized spacial score (nSPS) is 15.4. The van der Waals surface area contributed by atoms with Crippen molar-refractivity contribution in [2.45, 2.75) is 13.8 Å². The molecule has 1 aromatic carbocycles. The van der Waals surface area contributed by atoms with Gasteiger partial charge in [-0.3, -0.25) is 4.79 Å². The van der Waals surface area contributed by atoms with Crippen LogP contribution in [0.25, 0.3) is 0 Å². The lowest BCUT2D eigenvalue weighted by Crippen LogP contribution is -2.04. The molecule has 0 spiro atoms. The Morgan fingerprint density at radius 3 is 2.42 bits per heavy atom. The van der Waals surface area contributed by atoms with Gasteiger partial charge < -0.3 is 9.03 Å². The fraction of sp³-hybridized carbons (Fsp3) is 0.167. The van der Waals surface area contributed by atoms with Gasteiger partial charge >= 0.3 is 5.97 Å². The Kier molecular flexibility index (Phi) is 3.76. The number of hydrogen-bond donors (Lipinski definition) is 0. The van der Waals surface area contributed by atoms with E-state index in [2.05, 4.69) is 4.29 Å². The average molecular weight is 322 g/mol. The summed E-state index contributed by atoms with van der Waals surface area (Å²) in [7, 11) is 0. The van der Waals surface area contributed by atoms with Crippen LogP contribution in [0, 0.1) is 13.8 Å². The van der Waals surface area contributed by atoms with Crippen LogP contribution in [0.5, 0.6) is 5.75 Å². The Morgan fingerprint density at radius 2 is 1.84 bits per heavy atom. The van der Waals surface area contributed by atoms with Crippen LogP contribution in [-0.2, 0) is 9.08 Å². The van der Waals surface area contributed by atoms with Crippen LogP contribution in [0.1, 0.15) is 21.5 Å². The maximum absolute atomic E-state index is 12.1. The molecule has 0 N–H and O–H groups in total. The van der Waals surface area contributed by atoms with Crippen molar-refractivity contribution in [1.82, 2.24) is 0 Å². The second-order valence-electron chi connectivity index (χ2n) is 3.92. The predicted molar refractivity (Wildman–Crippen MR) is 70.9 cm³/mol. The first kappa shape index (κ1) is 14.2. The molecule has 19 heavy (non-hydrogen) atoms. The van der Waals surface area contributed by atoms with E-state index in [1.165, 1.54) is 0 Å². The van der Waals surface area contributed by atoms with E-state index in [-0.39, 0.29) is 22.1 Å². The first-order chi connectivity index (χ1) is 8.88. The third-order valence-corrected chi connectivity index (χ3v) is 3.95. The van der Waals surface area contributed by atoms with Gasteiger partial charge in [-0.2, -0.15) is 0 Å². The summed E-state index contributed by atoms with van der Waals surface area (Å²) >= 11 is 17.1. The molecule has 1 aromatic rings. The van der Waals surface area contributed by atoms with E-state index in [1.54, 1.807) is 13.8 Å². The standard InChI is InChI=1S/C12H7Cl3O4/c1-4-8-11(17)6(3-7(16)19-15)18-12(8)10(14)5(2)9(4)13/h3H,1-2H3/b6-3-. The molecular weight excluding hydrogens is 314 g/mol. The van der Waals surface area contributed by atoms with Crippen LogP contribution < -0.4 is 4.74 Å². The van der Waals surface area contributed by atoms with Crippen LogP contribution >= 0.6 is 35.1 Å². The van der Waals surface area contributed by atoms with Crippen molar-refractivity contribution in [3.05, 3.63) is 38.6 Å². The number of allylic oxidation sites excluding steroid dienone is 1. The number of carbonyl (C=O) groups excluding carboxylic acids is 2. The summed E-state index contributed by atoms with van der Waals surface area (Å²) in [5.41, 5.74) is 1.40. The summed E-state index contributed by atoms with van der Waals surface area (Å²) < 4.78 is 9.23. The van der Waals surface area contributed by atoms with Crippen LogP contribution in [0.4, 0.5) is 0 Å². The number of ether oxygens (including phenoxy) is 1. The molecule has 7 heteroatoms. The fourth-order valence-electron chi connectivity index (χ4n) is 1.81. The molecule has 0 aromatic heterocycles. The van der Waals surface area contributed by atoms with Crippen molar-refractivity contribution in [2.75, 3.05) is 0 Å². The SMILES string of the molecule is Cc1c(Cl)c(C)c2c(c1Cl)O/C(=C\C(=O)OCl)C2=O. The van der Waals surface area contributed by atoms with Gasteiger partial charge in [0.2, 0.25) is 5.78 Å². The average Bonchev–Trinajstić information content (AvgIpc) is 2.71. The molecule has 0 unspecified atom stereocenters. The van der Waals surface area contributed by atoms with E-state index < -0.39 is 11.8 Å². The highest BCUT2D eigenvalue weighted by Crippen LogP contribution is 2.44. The molecule has 1 aliphatic rings. The molecule has 0 saturated carbocycles. The summed E-state index contributed by atoms with van der Waals surface area (Å²) in [6.45, 7) is 3.38. The van der Waals surface area contributed by atoms with E-state index in [1.807, 2.05) is 0 Å². The molecule has 0 atom stereocenters. The second kappa shape index (κ2) is 5.04. The summed E-state index contributed by atoms with van der Waals surface area (Å²) in [6, 6.07) is 0. The summed E-state index contributed by atoms with van der Waals surface area (Å²) in [6.07, 6.45) is 0.855. The minimum atomic E-state index is -0.908. The zero-order valence-electron chi connectivity index (χ0n) is 9.84. The summed E-state index contributed by atoms with van der Waals surface area (Å²) in [5.74, 6) is -1.40. The Balaban J connectivity index is 2.62. The minimum Gasteiger partial charge on any atom is -0.451 e. The van der Waals surface area contributed by atoms with Gasteiger partial charge in [-0.25, -0.2) is 4.79 Å². The number of Topliss-reactive ketones (excluding diaryl/α,β-unsaturated/α-hetero) is 1. The zero-order chi connectivity index (χ0) is 14.3. The lowest BCUT2D eigenvalue weighted by Gasteiger charge is -2.09. The Hall–Kier alpha value is -1.23. The van der Waals surface area contributed by atoms with Crippen LogP contribution in [0.2, 0.25) is 10.0 Å². The Morgan fingerprint density at radius 1 is 1.21 bits per heavy atom. The molecule has 4 nitrogen and oxygen atoms in total. The molecule has 1 heterocycles. The van der Waals surface area contributed by atoms with Crippen LogP contribution in [0.3, 0.4) is 0 Å². The van der Waals surface area contributed by atoms with Gasteiger partial charge in [-0.15, -0.1) is 0 Å². The van der Waals surface area contributed by atoms with Crippen molar-refractivity contribution >= 4 is 46.8 Å². The molecule has 0 fully saturated rings. The fourth-order valence-corrected chi connectivity index (χ4v) is 2.32. The number of fused-ring (bicyclic) bond motifs is 1. The van der Waals surface area contributed by atoms with E-state index in [9.17, 15) is 9.59 Å². The molecule has 1 aliphatic heterocycles. The molecule has 0 bridgehead atoms. The number of carbonyl (C=O) groups is 2. The van der Waals surface area contributed by atoms with Gasteiger partial charge in [0.15, 0.2) is 11.5 Å². The van der Waals surface area contributed by atoms with Crippen LogP contribution in [0.15, 0.2) is 11.8 Å². The monoisotopic (exact) mass is 320 g/mol. The van der Waals surface area contributed by atoms with Gasteiger partial charge in [0.05, 0.1) is 16.7 Å². The number of rotatable bonds is 1. The van der Waals surface area contributed by atoms with Crippen molar-refractivity contribution in [2.24, 2.45) is 0 Å². The highest BCUT2D eigenvalue weighted by atomic mass is 35.5. The van der Waals surface area contributed by atoms with Gasteiger partial charge in [0.25, 0.3) is 0 Å². The molecule has 0 aliphatic carbocycles.